The molecular formula is C10H15N3O4S. The van der Waals surface area contributed by atoms with Gasteiger partial charge in [-0.1, -0.05) is 5.21 Å². The van der Waals surface area contributed by atoms with Crippen LogP contribution in [0.1, 0.15) is 23.8 Å². The summed E-state index contributed by atoms with van der Waals surface area (Å²) >= 11 is 0. The van der Waals surface area contributed by atoms with Crippen molar-refractivity contribution in [2.45, 2.75) is 31.2 Å². The van der Waals surface area contributed by atoms with E-state index in [2.05, 4.69) is 10.3 Å². The number of carboxylic acid groups (broad SMARTS) is 1. The van der Waals surface area contributed by atoms with E-state index in [1.54, 1.807) is 0 Å². The fraction of sp³-hybridized carbons (Fsp3) is 0.700. The van der Waals surface area contributed by atoms with Crippen LogP contribution in [0.4, 0.5) is 0 Å². The molecule has 1 aliphatic rings. The zero-order chi connectivity index (χ0) is 13.1. The summed E-state index contributed by atoms with van der Waals surface area (Å²) in [5, 5.41) is 15.9. The third-order valence-electron chi connectivity index (χ3n) is 2.92. The van der Waals surface area contributed by atoms with Crippen LogP contribution in [0.2, 0.25) is 0 Å². The van der Waals surface area contributed by atoms with Crippen molar-refractivity contribution >= 4 is 16.8 Å². The molecule has 1 saturated heterocycles. The Bertz CT molecular complexity index is 462. The summed E-state index contributed by atoms with van der Waals surface area (Å²) in [5.41, 5.74) is -0.0987. The van der Waals surface area contributed by atoms with Crippen LogP contribution in [-0.4, -0.2) is 54.0 Å². The van der Waals surface area contributed by atoms with Gasteiger partial charge in [-0.2, -0.15) is 0 Å². The highest BCUT2D eigenvalue weighted by atomic mass is 32.2. The van der Waals surface area contributed by atoms with E-state index >= 15 is 0 Å². The van der Waals surface area contributed by atoms with Crippen LogP contribution in [-0.2, 0) is 22.1 Å². The predicted octanol–water partition coefficient (Wildman–Crippen LogP) is -0.0976. The number of carbonyl (C=O) groups is 1. The highest BCUT2D eigenvalue weighted by Crippen LogP contribution is 2.18. The lowest BCUT2D eigenvalue weighted by Gasteiger charge is -2.13. The molecule has 1 N–H and O–H groups in total. The molecule has 0 aliphatic carbocycles. The largest absolute Gasteiger partial charge is 0.476 e. The maximum atomic E-state index is 12.0. The molecule has 1 aromatic rings. The minimum Gasteiger partial charge on any atom is -0.476 e. The van der Waals surface area contributed by atoms with E-state index in [1.807, 2.05) is 6.92 Å². The second kappa shape index (κ2) is 5.57. The third-order valence-corrected chi connectivity index (χ3v) is 4.80. The molecule has 0 amide bonds. The molecule has 2 rings (SSSR count). The first-order valence-corrected chi connectivity index (χ1v) is 7.08. The standard InChI is InChI=1S/C10H15N3O4S/c1-7-9(2-4-17-7)18(16)5-3-13-6-8(10(14)15)11-12-13/h6-7,9H,2-5H2,1H3,(H,14,15). The van der Waals surface area contributed by atoms with Gasteiger partial charge in [-0.3, -0.25) is 8.89 Å². The summed E-state index contributed by atoms with van der Waals surface area (Å²) in [5.74, 6) is -0.680. The molecule has 1 aliphatic heterocycles. The van der Waals surface area contributed by atoms with Gasteiger partial charge < -0.3 is 9.84 Å². The number of aryl methyl sites for hydroxylation is 1. The summed E-state index contributed by atoms with van der Waals surface area (Å²) in [6, 6.07) is 0. The molecule has 0 saturated carbocycles. The van der Waals surface area contributed by atoms with E-state index in [-0.39, 0.29) is 17.0 Å². The number of carboxylic acids is 1. The van der Waals surface area contributed by atoms with Crippen molar-refractivity contribution in [3.63, 3.8) is 0 Å². The second-order valence-electron chi connectivity index (χ2n) is 4.16. The highest BCUT2D eigenvalue weighted by molar-refractivity contribution is 7.85. The van der Waals surface area contributed by atoms with E-state index < -0.39 is 16.8 Å². The number of hydrogen-bond acceptors (Lipinski definition) is 5. The SMILES string of the molecule is CC1OCCC1S(=O)CCn1cc(C(=O)O)nn1. The Morgan fingerprint density at radius 1 is 1.72 bits per heavy atom. The average molecular weight is 273 g/mol. The van der Waals surface area contributed by atoms with Gasteiger partial charge in [0.05, 0.1) is 24.1 Å². The minimum absolute atomic E-state index is 0.0242. The molecule has 1 fully saturated rings. The molecule has 100 valence electrons. The van der Waals surface area contributed by atoms with Crippen molar-refractivity contribution < 1.29 is 18.8 Å². The van der Waals surface area contributed by atoms with E-state index in [0.717, 1.165) is 6.42 Å². The molecule has 3 atom stereocenters. The molecule has 0 radical (unpaired) electrons. The molecule has 0 bridgehead atoms. The number of ether oxygens (including phenoxy) is 1. The zero-order valence-corrected chi connectivity index (χ0v) is 10.8. The third kappa shape index (κ3) is 2.94. The first kappa shape index (κ1) is 13.2. The van der Waals surface area contributed by atoms with Crippen molar-refractivity contribution in [1.29, 1.82) is 0 Å². The Labute approximate surface area is 107 Å². The molecule has 8 heteroatoms. The summed E-state index contributed by atoms with van der Waals surface area (Å²) in [7, 11) is -0.988. The van der Waals surface area contributed by atoms with Crippen molar-refractivity contribution in [2.75, 3.05) is 12.4 Å². The number of aromatic nitrogens is 3. The fourth-order valence-electron chi connectivity index (χ4n) is 1.90. The number of aromatic carboxylic acids is 1. The zero-order valence-electron chi connectivity index (χ0n) is 9.98. The average Bonchev–Trinajstić information content (AvgIpc) is 2.94. The van der Waals surface area contributed by atoms with Gasteiger partial charge in [0.25, 0.3) is 0 Å². The smallest absolute Gasteiger partial charge is 0.358 e. The van der Waals surface area contributed by atoms with Crippen molar-refractivity contribution in [2.24, 2.45) is 0 Å². The van der Waals surface area contributed by atoms with E-state index in [4.69, 9.17) is 9.84 Å². The summed E-state index contributed by atoms with van der Waals surface area (Å²) in [6.07, 6.45) is 2.18. The lowest BCUT2D eigenvalue weighted by Crippen LogP contribution is -2.26. The second-order valence-corrected chi connectivity index (χ2v) is 5.94. The van der Waals surface area contributed by atoms with Crippen LogP contribution in [0, 0.1) is 0 Å². The molecule has 3 unspecified atom stereocenters. The van der Waals surface area contributed by atoms with Gasteiger partial charge in [-0.25, -0.2) is 4.79 Å². The topological polar surface area (TPSA) is 94.3 Å². The molecule has 7 nitrogen and oxygen atoms in total. The van der Waals surface area contributed by atoms with Gasteiger partial charge in [-0.15, -0.1) is 5.10 Å². The van der Waals surface area contributed by atoms with E-state index in [1.165, 1.54) is 10.9 Å². The number of rotatable bonds is 5. The van der Waals surface area contributed by atoms with Crippen molar-refractivity contribution in [3.8, 4) is 0 Å². The van der Waals surface area contributed by atoms with E-state index in [9.17, 15) is 9.00 Å². The van der Waals surface area contributed by atoms with Gasteiger partial charge >= 0.3 is 5.97 Å². The van der Waals surface area contributed by atoms with Gasteiger partial charge in [0.2, 0.25) is 0 Å². The molecule has 1 aromatic heterocycles. The first-order chi connectivity index (χ1) is 8.58. The predicted molar refractivity (Wildman–Crippen MR) is 63.8 cm³/mol. The highest BCUT2D eigenvalue weighted by Gasteiger charge is 2.29. The Balaban J connectivity index is 1.87. The molecule has 0 aromatic carbocycles. The number of nitrogens with zero attached hydrogens (tertiary/aromatic N) is 3. The monoisotopic (exact) mass is 273 g/mol. The van der Waals surface area contributed by atoms with Crippen LogP contribution >= 0.6 is 0 Å². The Kier molecular flexibility index (Phi) is 4.07. The van der Waals surface area contributed by atoms with Crippen LogP contribution in [0.5, 0.6) is 0 Å². The lowest BCUT2D eigenvalue weighted by molar-refractivity contribution is 0.0690. The molecule has 2 heterocycles. The fourth-order valence-corrected chi connectivity index (χ4v) is 3.43. The Morgan fingerprint density at radius 2 is 2.50 bits per heavy atom. The summed E-state index contributed by atoms with van der Waals surface area (Å²) in [6.45, 7) is 2.98. The molecular weight excluding hydrogens is 258 g/mol. The maximum absolute atomic E-state index is 12.0. The molecule has 0 spiro atoms. The molecule has 18 heavy (non-hydrogen) atoms. The summed E-state index contributed by atoms with van der Waals surface area (Å²) in [4.78, 5) is 10.6. The van der Waals surface area contributed by atoms with Crippen LogP contribution in [0.3, 0.4) is 0 Å². The van der Waals surface area contributed by atoms with Crippen LogP contribution in [0.15, 0.2) is 6.20 Å². The number of hydrogen-bond donors (Lipinski definition) is 1. The first-order valence-electron chi connectivity index (χ1n) is 5.70. The quantitative estimate of drug-likeness (QED) is 0.805. The van der Waals surface area contributed by atoms with Gasteiger partial charge in [0.15, 0.2) is 5.69 Å². The van der Waals surface area contributed by atoms with Gasteiger partial charge in [-0.05, 0) is 13.3 Å². The van der Waals surface area contributed by atoms with Gasteiger partial charge in [0, 0.05) is 23.2 Å². The summed E-state index contributed by atoms with van der Waals surface area (Å²) < 4.78 is 18.8. The van der Waals surface area contributed by atoms with Crippen molar-refractivity contribution in [3.05, 3.63) is 11.9 Å². The maximum Gasteiger partial charge on any atom is 0.358 e. The van der Waals surface area contributed by atoms with E-state index in [0.29, 0.717) is 18.9 Å². The minimum atomic E-state index is -1.11. The van der Waals surface area contributed by atoms with Crippen molar-refractivity contribution in [1.82, 2.24) is 15.0 Å². The lowest BCUT2D eigenvalue weighted by atomic mass is 10.3. The van der Waals surface area contributed by atoms with Gasteiger partial charge in [0.1, 0.15) is 0 Å². The Hall–Kier alpha value is -1.28. The normalized spacial score (nSPS) is 25.2. The Morgan fingerprint density at radius 3 is 3.06 bits per heavy atom. The van der Waals surface area contributed by atoms with Crippen LogP contribution in [0.25, 0.3) is 0 Å². The van der Waals surface area contributed by atoms with Crippen LogP contribution < -0.4 is 0 Å².